The lowest BCUT2D eigenvalue weighted by atomic mass is 10.2. The van der Waals surface area contributed by atoms with Crippen LogP contribution in [-0.4, -0.2) is 32.7 Å². The van der Waals surface area contributed by atoms with E-state index in [0.717, 1.165) is 0 Å². The van der Waals surface area contributed by atoms with Crippen molar-refractivity contribution in [2.75, 3.05) is 17.8 Å². The number of hydrogen-bond acceptors (Lipinski definition) is 6. The average molecular weight is 448 g/mol. The molecule has 0 aliphatic heterocycles. The summed E-state index contributed by atoms with van der Waals surface area (Å²) in [6.07, 6.45) is 1.41. The Hall–Kier alpha value is -3.10. The first-order chi connectivity index (χ1) is 14.6. The normalized spacial score (nSPS) is 10.9. The third-order valence-electron chi connectivity index (χ3n) is 4.12. The summed E-state index contributed by atoms with van der Waals surface area (Å²) in [5.41, 5.74) is 1.92. The summed E-state index contributed by atoms with van der Waals surface area (Å²) in [7, 11) is 0. The lowest BCUT2D eigenvalue weighted by Crippen LogP contribution is -2.01. The van der Waals surface area contributed by atoms with Crippen LogP contribution in [0.25, 0.3) is 11.0 Å². The first-order valence-electron chi connectivity index (χ1n) is 8.95. The summed E-state index contributed by atoms with van der Waals surface area (Å²) in [6.45, 7) is 0.506. The van der Waals surface area contributed by atoms with E-state index in [4.69, 9.17) is 32.7 Å². The molecule has 4 aromatic rings. The Morgan fingerprint density at radius 1 is 1.10 bits per heavy atom. The molecule has 0 bridgehead atoms. The molecule has 2 aromatic carbocycles. The number of nitrogens with zero attached hydrogens (tertiary/aromatic N) is 3. The van der Waals surface area contributed by atoms with Gasteiger partial charge in [0.15, 0.2) is 5.65 Å². The molecule has 0 spiro atoms. The summed E-state index contributed by atoms with van der Waals surface area (Å²) >= 11 is 12.0. The first-order valence-corrected chi connectivity index (χ1v) is 9.87. The van der Waals surface area contributed by atoms with Crippen molar-refractivity contribution in [3.63, 3.8) is 0 Å². The van der Waals surface area contributed by atoms with E-state index in [0.29, 0.717) is 57.2 Å². The summed E-state index contributed by atoms with van der Waals surface area (Å²) in [4.78, 5) is 8.42. The van der Waals surface area contributed by atoms with E-state index < -0.39 is 0 Å². The molecule has 0 saturated carbocycles. The van der Waals surface area contributed by atoms with Gasteiger partial charge in [-0.3, -0.25) is 5.10 Å². The summed E-state index contributed by atoms with van der Waals surface area (Å²) < 4.78 is 24.5. The van der Waals surface area contributed by atoms with Gasteiger partial charge in [0, 0.05) is 5.69 Å². The molecule has 0 atom stereocenters. The number of halogens is 3. The Balaban J connectivity index is 1.52. The maximum atomic E-state index is 13.3. The molecule has 2 aromatic heterocycles. The van der Waals surface area contributed by atoms with Gasteiger partial charge in [0.1, 0.15) is 42.3 Å². The van der Waals surface area contributed by atoms with E-state index in [1.54, 1.807) is 30.3 Å². The highest BCUT2D eigenvalue weighted by molar-refractivity contribution is 6.32. The Kier molecular flexibility index (Phi) is 6.15. The van der Waals surface area contributed by atoms with Crippen LogP contribution in [0.4, 0.5) is 15.9 Å². The molecule has 10 heteroatoms. The Labute approximate surface area is 181 Å². The lowest BCUT2D eigenvalue weighted by molar-refractivity contribution is 0.306. The van der Waals surface area contributed by atoms with Crippen molar-refractivity contribution in [3.05, 3.63) is 65.2 Å². The van der Waals surface area contributed by atoms with Gasteiger partial charge in [-0.15, -0.1) is 16.7 Å². The Morgan fingerprint density at radius 3 is 2.80 bits per heavy atom. The van der Waals surface area contributed by atoms with Crippen molar-refractivity contribution >= 4 is 45.7 Å². The molecule has 4 rings (SSSR count). The molecular weight excluding hydrogens is 432 g/mol. The molecule has 30 heavy (non-hydrogen) atoms. The minimum absolute atomic E-state index is 0.201. The molecule has 154 valence electrons. The van der Waals surface area contributed by atoms with Crippen molar-refractivity contribution in [1.29, 1.82) is 0 Å². The van der Waals surface area contributed by atoms with E-state index in [9.17, 15) is 4.39 Å². The number of hydrogen-bond donors (Lipinski definition) is 2. The maximum absolute atomic E-state index is 13.3. The molecule has 0 saturated heterocycles. The van der Waals surface area contributed by atoms with Crippen LogP contribution in [0.15, 0.2) is 48.8 Å². The fourth-order valence-corrected chi connectivity index (χ4v) is 3.10. The van der Waals surface area contributed by atoms with E-state index in [2.05, 4.69) is 25.5 Å². The van der Waals surface area contributed by atoms with E-state index >= 15 is 0 Å². The number of H-pyrrole nitrogens is 1. The van der Waals surface area contributed by atoms with Crippen molar-refractivity contribution < 1.29 is 13.9 Å². The van der Waals surface area contributed by atoms with E-state index in [-0.39, 0.29) is 12.4 Å². The van der Waals surface area contributed by atoms with Crippen LogP contribution in [0.5, 0.6) is 11.6 Å². The number of anilines is 2. The second kappa shape index (κ2) is 9.15. The van der Waals surface area contributed by atoms with Gasteiger partial charge < -0.3 is 14.8 Å². The number of ether oxygens (including phenoxy) is 2. The highest BCUT2D eigenvalue weighted by Crippen LogP contribution is 2.33. The smallest absolute Gasteiger partial charge is 0.246 e. The second-order valence-corrected chi connectivity index (χ2v) is 6.99. The molecule has 0 amide bonds. The minimum atomic E-state index is -0.313. The summed E-state index contributed by atoms with van der Waals surface area (Å²) in [5.74, 6) is 1.36. The fraction of sp³-hybridized carbons (Fsp3) is 0.150. The van der Waals surface area contributed by atoms with Crippen molar-refractivity contribution in [2.45, 2.75) is 6.61 Å². The van der Waals surface area contributed by atoms with Gasteiger partial charge in [-0.05, 0) is 35.9 Å². The van der Waals surface area contributed by atoms with Crippen LogP contribution >= 0.6 is 23.2 Å². The molecule has 0 fully saturated rings. The standard InChI is InChI=1S/C20H16Cl2FN5O2/c21-6-7-29-20-17-18(24-11-25-19(17)27-28-20)26-14-4-5-16(15(22)9-14)30-10-12-2-1-3-13(23)8-12/h1-5,8-9,11H,6-7,10H2,(H2,24,25,26,27,28). The van der Waals surface area contributed by atoms with Crippen LogP contribution < -0.4 is 14.8 Å². The highest BCUT2D eigenvalue weighted by atomic mass is 35.5. The monoisotopic (exact) mass is 447 g/mol. The molecule has 2 heterocycles. The number of rotatable bonds is 8. The first kappa shape index (κ1) is 20.2. The number of aromatic amines is 1. The van der Waals surface area contributed by atoms with Crippen LogP contribution in [0.2, 0.25) is 5.02 Å². The molecule has 0 aliphatic carbocycles. The van der Waals surface area contributed by atoms with Gasteiger partial charge in [0.2, 0.25) is 5.88 Å². The zero-order chi connectivity index (χ0) is 20.9. The zero-order valence-electron chi connectivity index (χ0n) is 15.5. The van der Waals surface area contributed by atoms with Crippen molar-refractivity contribution in [3.8, 4) is 11.6 Å². The van der Waals surface area contributed by atoms with Crippen LogP contribution in [-0.2, 0) is 6.61 Å². The quantitative estimate of drug-likeness (QED) is 0.366. The predicted molar refractivity (Wildman–Crippen MR) is 113 cm³/mol. The number of aromatic nitrogens is 4. The van der Waals surface area contributed by atoms with Gasteiger partial charge in [-0.2, -0.15) is 0 Å². The predicted octanol–water partition coefficient (Wildman–Crippen LogP) is 5.09. The van der Waals surface area contributed by atoms with Gasteiger partial charge in [0.05, 0.1) is 10.9 Å². The van der Waals surface area contributed by atoms with Crippen LogP contribution in [0, 0.1) is 5.82 Å². The zero-order valence-corrected chi connectivity index (χ0v) is 17.0. The molecule has 2 N–H and O–H groups in total. The lowest BCUT2D eigenvalue weighted by Gasteiger charge is -2.11. The summed E-state index contributed by atoms with van der Waals surface area (Å²) in [6, 6.07) is 11.4. The van der Waals surface area contributed by atoms with E-state index in [1.807, 2.05) is 0 Å². The van der Waals surface area contributed by atoms with Gasteiger partial charge in [-0.25, -0.2) is 14.4 Å². The number of benzene rings is 2. The van der Waals surface area contributed by atoms with Gasteiger partial charge in [-0.1, -0.05) is 23.7 Å². The molecular formula is C20H16Cl2FN5O2. The van der Waals surface area contributed by atoms with Gasteiger partial charge >= 0.3 is 0 Å². The van der Waals surface area contributed by atoms with Crippen molar-refractivity contribution in [2.24, 2.45) is 0 Å². The molecule has 0 unspecified atom stereocenters. The topological polar surface area (TPSA) is 85.0 Å². The minimum Gasteiger partial charge on any atom is -0.487 e. The molecule has 0 radical (unpaired) electrons. The number of alkyl halides is 1. The summed E-state index contributed by atoms with van der Waals surface area (Å²) in [5, 5.41) is 11.1. The highest BCUT2D eigenvalue weighted by Gasteiger charge is 2.15. The third kappa shape index (κ3) is 4.55. The third-order valence-corrected chi connectivity index (χ3v) is 4.57. The Bertz CT molecular complexity index is 1170. The fourth-order valence-electron chi connectivity index (χ4n) is 2.79. The SMILES string of the molecule is Fc1cccc(COc2ccc(Nc3ncnc4[nH]nc(OCCCl)c34)cc2Cl)c1. The Morgan fingerprint density at radius 2 is 2.00 bits per heavy atom. The second-order valence-electron chi connectivity index (χ2n) is 6.20. The average Bonchev–Trinajstić information content (AvgIpc) is 3.16. The largest absolute Gasteiger partial charge is 0.487 e. The maximum Gasteiger partial charge on any atom is 0.246 e. The van der Waals surface area contributed by atoms with Gasteiger partial charge in [0.25, 0.3) is 0 Å². The van der Waals surface area contributed by atoms with E-state index in [1.165, 1.54) is 18.5 Å². The molecule has 7 nitrogen and oxygen atoms in total. The number of fused-ring (bicyclic) bond motifs is 1. The van der Waals surface area contributed by atoms with Crippen LogP contribution in [0.3, 0.4) is 0 Å². The molecule has 0 aliphatic rings. The number of nitrogens with one attached hydrogen (secondary N) is 2. The van der Waals surface area contributed by atoms with Crippen molar-refractivity contribution in [1.82, 2.24) is 20.2 Å². The van der Waals surface area contributed by atoms with Crippen LogP contribution in [0.1, 0.15) is 5.56 Å².